The number of benzene rings is 1. The minimum Gasteiger partial charge on any atom is -0.397 e. The summed E-state index contributed by atoms with van der Waals surface area (Å²) in [5.74, 6) is 1.54. The van der Waals surface area contributed by atoms with Crippen LogP contribution in [0.15, 0.2) is 18.2 Å². The van der Waals surface area contributed by atoms with Gasteiger partial charge >= 0.3 is 0 Å². The van der Waals surface area contributed by atoms with Crippen molar-refractivity contribution in [2.24, 2.45) is 11.8 Å². The molecule has 108 valence electrons. The smallest absolute Gasteiger partial charge is 0.256 e. The standard InChI is InChI=1S/C16H21ClN2O/c17-14-7-3-6-13(15(14)18)16(20)19-9-8-11-4-1-2-5-12(11)10-19/h3,6-7,11-12H,1-2,4-5,8-10,18H2. The summed E-state index contributed by atoms with van der Waals surface area (Å²) < 4.78 is 0. The van der Waals surface area contributed by atoms with E-state index in [1.165, 1.54) is 25.7 Å². The molecule has 0 radical (unpaired) electrons. The summed E-state index contributed by atoms with van der Waals surface area (Å²) in [5, 5.41) is 0.461. The summed E-state index contributed by atoms with van der Waals surface area (Å²) in [6.45, 7) is 1.74. The largest absolute Gasteiger partial charge is 0.397 e. The van der Waals surface area contributed by atoms with Crippen LogP contribution in [0.1, 0.15) is 42.5 Å². The number of rotatable bonds is 1. The van der Waals surface area contributed by atoms with E-state index in [1.807, 2.05) is 4.90 Å². The molecule has 2 atom stereocenters. The quantitative estimate of drug-likeness (QED) is 0.804. The molecule has 1 saturated heterocycles. The van der Waals surface area contributed by atoms with E-state index in [2.05, 4.69) is 0 Å². The predicted octanol–water partition coefficient (Wildman–Crippen LogP) is 3.57. The van der Waals surface area contributed by atoms with Crippen LogP contribution in [-0.2, 0) is 0 Å². The number of nitrogens with zero attached hydrogens (tertiary/aromatic N) is 1. The van der Waals surface area contributed by atoms with Gasteiger partial charge in [-0.3, -0.25) is 4.79 Å². The molecule has 1 aromatic carbocycles. The Bertz CT molecular complexity index is 517. The third-order valence-corrected chi connectivity index (χ3v) is 5.19. The van der Waals surface area contributed by atoms with Crippen molar-refractivity contribution in [2.75, 3.05) is 18.8 Å². The van der Waals surface area contributed by atoms with Crippen molar-refractivity contribution in [1.29, 1.82) is 0 Å². The molecule has 1 aliphatic heterocycles. The first kappa shape index (κ1) is 13.7. The molecule has 1 aromatic rings. The van der Waals surface area contributed by atoms with E-state index in [4.69, 9.17) is 17.3 Å². The average molecular weight is 293 g/mol. The second kappa shape index (κ2) is 5.65. The lowest BCUT2D eigenvalue weighted by molar-refractivity contribution is 0.0522. The first-order valence-corrected chi connectivity index (χ1v) is 7.88. The lowest BCUT2D eigenvalue weighted by Gasteiger charge is -2.41. The Hall–Kier alpha value is -1.22. The first-order chi connectivity index (χ1) is 9.66. The highest BCUT2D eigenvalue weighted by Gasteiger charge is 2.33. The number of nitrogens with two attached hydrogens (primary N) is 1. The summed E-state index contributed by atoms with van der Waals surface area (Å²) in [7, 11) is 0. The Labute approximate surface area is 125 Å². The van der Waals surface area contributed by atoms with Gasteiger partial charge in [-0.2, -0.15) is 0 Å². The van der Waals surface area contributed by atoms with Crippen LogP contribution < -0.4 is 5.73 Å². The van der Waals surface area contributed by atoms with Gasteiger partial charge in [-0.05, 0) is 36.8 Å². The van der Waals surface area contributed by atoms with Gasteiger partial charge in [-0.1, -0.05) is 36.9 Å². The predicted molar refractivity (Wildman–Crippen MR) is 81.8 cm³/mol. The number of para-hydroxylation sites is 1. The van der Waals surface area contributed by atoms with Crippen molar-refractivity contribution in [2.45, 2.75) is 32.1 Å². The van der Waals surface area contributed by atoms with Crippen LogP contribution in [0.3, 0.4) is 0 Å². The molecule has 0 aromatic heterocycles. The summed E-state index contributed by atoms with van der Waals surface area (Å²) in [6.07, 6.45) is 6.40. The summed E-state index contributed by atoms with van der Waals surface area (Å²) in [4.78, 5) is 14.6. The molecule has 20 heavy (non-hydrogen) atoms. The van der Waals surface area contributed by atoms with Gasteiger partial charge in [0.2, 0.25) is 0 Å². The molecule has 0 spiro atoms. The summed E-state index contributed by atoms with van der Waals surface area (Å²) in [6, 6.07) is 5.29. The van der Waals surface area contributed by atoms with E-state index in [0.29, 0.717) is 22.2 Å². The first-order valence-electron chi connectivity index (χ1n) is 7.50. The van der Waals surface area contributed by atoms with Gasteiger partial charge in [0.15, 0.2) is 0 Å². The molecule has 1 aliphatic carbocycles. The number of likely N-dealkylation sites (tertiary alicyclic amines) is 1. The number of anilines is 1. The summed E-state index contributed by atoms with van der Waals surface area (Å²) >= 11 is 6.01. The zero-order chi connectivity index (χ0) is 14.1. The molecule has 2 fully saturated rings. The van der Waals surface area contributed by atoms with Gasteiger partial charge in [0.1, 0.15) is 0 Å². The topological polar surface area (TPSA) is 46.3 Å². The summed E-state index contributed by atoms with van der Waals surface area (Å²) in [5.41, 5.74) is 6.90. The molecule has 4 heteroatoms. The fourth-order valence-electron chi connectivity index (χ4n) is 3.68. The van der Waals surface area contributed by atoms with Crippen LogP contribution in [0, 0.1) is 11.8 Å². The normalized spacial score (nSPS) is 26.1. The molecular formula is C16H21ClN2O. The number of piperidine rings is 1. The highest BCUT2D eigenvalue weighted by atomic mass is 35.5. The Morgan fingerprint density at radius 2 is 1.95 bits per heavy atom. The van der Waals surface area contributed by atoms with Crippen LogP contribution >= 0.6 is 11.6 Å². The Balaban J connectivity index is 1.76. The molecule has 2 unspecified atom stereocenters. The van der Waals surface area contributed by atoms with Gasteiger partial charge in [-0.25, -0.2) is 0 Å². The van der Waals surface area contributed by atoms with Crippen molar-refractivity contribution in [3.63, 3.8) is 0 Å². The monoisotopic (exact) mass is 292 g/mol. The fourth-order valence-corrected chi connectivity index (χ4v) is 3.85. The minimum atomic E-state index is 0.0361. The van der Waals surface area contributed by atoms with Crippen molar-refractivity contribution >= 4 is 23.2 Å². The molecule has 3 nitrogen and oxygen atoms in total. The van der Waals surface area contributed by atoms with Gasteiger partial charge < -0.3 is 10.6 Å². The molecule has 0 bridgehead atoms. The Morgan fingerprint density at radius 1 is 1.20 bits per heavy atom. The number of amides is 1. The van der Waals surface area contributed by atoms with Crippen LogP contribution in [0.5, 0.6) is 0 Å². The second-order valence-corrected chi connectivity index (χ2v) is 6.45. The van der Waals surface area contributed by atoms with E-state index in [9.17, 15) is 4.79 Å². The van der Waals surface area contributed by atoms with Gasteiger partial charge in [0.05, 0.1) is 16.3 Å². The maximum Gasteiger partial charge on any atom is 0.256 e. The highest BCUT2D eigenvalue weighted by Crippen LogP contribution is 2.36. The number of carbonyl (C=O) groups is 1. The number of halogens is 1. The van der Waals surface area contributed by atoms with E-state index in [0.717, 1.165) is 25.4 Å². The van der Waals surface area contributed by atoms with E-state index < -0.39 is 0 Å². The lowest BCUT2D eigenvalue weighted by Crippen LogP contribution is -2.44. The van der Waals surface area contributed by atoms with Crippen molar-refractivity contribution in [3.8, 4) is 0 Å². The average Bonchev–Trinajstić information content (AvgIpc) is 2.49. The highest BCUT2D eigenvalue weighted by molar-refractivity contribution is 6.33. The van der Waals surface area contributed by atoms with Crippen LogP contribution in [0.25, 0.3) is 0 Å². The molecular weight excluding hydrogens is 272 g/mol. The van der Waals surface area contributed by atoms with E-state index in [-0.39, 0.29) is 5.91 Å². The molecule has 3 rings (SSSR count). The third-order valence-electron chi connectivity index (χ3n) is 4.86. The van der Waals surface area contributed by atoms with Crippen molar-refractivity contribution in [1.82, 2.24) is 4.90 Å². The molecule has 2 aliphatic rings. The number of hydrogen-bond acceptors (Lipinski definition) is 2. The SMILES string of the molecule is Nc1c(Cl)cccc1C(=O)N1CCC2CCCCC2C1. The van der Waals surface area contributed by atoms with Gasteiger partial charge in [0, 0.05) is 13.1 Å². The number of carbonyl (C=O) groups excluding carboxylic acids is 1. The maximum atomic E-state index is 12.6. The molecule has 1 saturated carbocycles. The van der Waals surface area contributed by atoms with E-state index in [1.54, 1.807) is 18.2 Å². The molecule has 2 N–H and O–H groups in total. The Morgan fingerprint density at radius 3 is 2.75 bits per heavy atom. The molecule has 1 amide bonds. The fraction of sp³-hybridized carbons (Fsp3) is 0.562. The molecule has 1 heterocycles. The lowest BCUT2D eigenvalue weighted by atomic mass is 9.75. The van der Waals surface area contributed by atoms with Gasteiger partial charge in [-0.15, -0.1) is 0 Å². The zero-order valence-electron chi connectivity index (χ0n) is 11.6. The number of hydrogen-bond donors (Lipinski definition) is 1. The van der Waals surface area contributed by atoms with Crippen LogP contribution in [0.2, 0.25) is 5.02 Å². The van der Waals surface area contributed by atoms with Crippen molar-refractivity contribution < 1.29 is 4.79 Å². The Kier molecular flexibility index (Phi) is 3.88. The zero-order valence-corrected chi connectivity index (χ0v) is 12.4. The number of fused-ring (bicyclic) bond motifs is 1. The van der Waals surface area contributed by atoms with E-state index >= 15 is 0 Å². The number of nitrogen functional groups attached to an aromatic ring is 1. The van der Waals surface area contributed by atoms with Crippen LogP contribution in [-0.4, -0.2) is 23.9 Å². The maximum absolute atomic E-state index is 12.6. The third kappa shape index (κ3) is 2.51. The van der Waals surface area contributed by atoms with Gasteiger partial charge in [0.25, 0.3) is 5.91 Å². The second-order valence-electron chi connectivity index (χ2n) is 6.05. The van der Waals surface area contributed by atoms with Crippen molar-refractivity contribution in [3.05, 3.63) is 28.8 Å². The van der Waals surface area contributed by atoms with Crippen LogP contribution in [0.4, 0.5) is 5.69 Å². The minimum absolute atomic E-state index is 0.0361.